The Bertz CT molecular complexity index is 1060. The number of rotatable bonds is 3. The molecule has 1 saturated heterocycles. The highest BCUT2D eigenvalue weighted by molar-refractivity contribution is 5.84. The lowest BCUT2D eigenvalue weighted by Gasteiger charge is -2.30. The molecular weight excluding hydrogens is 346 g/mol. The molecule has 0 radical (unpaired) electrons. The fraction of sp³-hybridized carbons (Fsp3) is 0.250. The zero-order valence-corrected chi connectivity index (χ0v) is 14.6. The van der Waals surface area contributed by atoms with Crippen molar-refractivity contribution in [3.05, 3.63) is 68.9 Å². The van der Waals surface area contributed by atoms with Gasteiger partial charge in [-0.3, -0.25) is 14.9 Å². The maximum Gasteiger partial charge on any atom is 0.231 e. The zero-order valence-electron chi connectivity index (χ0n) is 14.6. The third-order valence-electron chi connectivity index (χ3n) is 5.10. The van der Waals surface area contributed by atoms with Crippen molar-refractivity contribution in [3.63, 3.8) is 0 Å². The summed E-state index contributed by atoms with van der Waals surface area (Å²) in [5, 5.41) is 21.8. The van der Waals surface area contributed by atoms with Gasteiger partial charge in [0.2, 0.25) is 11.5 Å². The molecule has 0 bridgehead atoms. The number of nitrogens with one attached hydrogen (secondary N) is 1. The van der Waals surface area contributed by atoms with E-state index in [0.29, 0.717) is 35.1 Å². The number of anilines is 1. The fourth-order valence-electron chi connectivity index (χ4n) is 3.63. The van der Waals surface area contributed by atoms with E-state index in [1.807, 2.05) is 35.2 Å². The summed E-state index contributed by atoms with van der Waals surface area (Å²) in [6, 6.07) is 13.8. The Morgan fingerprint density at radius 1 is 1.15 bits per heavy atom. The largest absolute Gasteiger partial charge is 0.503 e. The first-order chi connectivity index (χ1) is 13.0. The van der Waals surface area contributed by atoms with E-state index in [9.17, 15) is 20.0 Å². The monoisotopic (exact) mass is 365 g/mol. The molecule has 1 atom stereocenters. The minimum Gasteiger partial charge on any atom is -0.503 e. The average Bonchev–Trinajstić information content (AvgIpc) is 2.71. The van der Waals surface area contributed by atoms with Crippen molar-refractivity contribution < 1.29 is 10.0 Å². The van der Waals surface area contributed by atoms with Crippen LogP contribution in [0.5, 0.6) is 5.75 Å². The van der Waals surface area contributed by atoms with Crippen molar-refractivity contribution >= 4 is 16.6 Å². The molecule has 1 aliphatic heterocycles. The van der Waals surface area contributed by atoms with E-state index in [-0.39, 0.29) is 10.7 Å². The molecule has 2 N–H and O–H groups in total. The van der Waals surface area contributed by atoms with Crippen molar-refractivity contribution in [2.45, 2.75) is 18.9 Å². The second kappa shape index (κ2) is 6.75. The highest BCUT2D eigenvalue weighted by Gasteiger charge is 2.28. The van der Waals surface area contributed by atoms with Crippen LogP contribution in [-0.4, -0.2) is 34.1 Å². The molecule has 1 aromatic heterocycles. The highest BCUT2D eigenvalue weighted by atomic mass is 16.6. The van der Waals surface area contributed by atoms with E-state index in [1.54, 1.807) is 18.2 Å². The number of aromatic nitrogens is 1. The highest BCUT2D eigenvalue weighted by Crippen LogP contribution is 2.29. The number of piperidine rings is 1. The first-order valence-corrected chi connectivity index (χ1v) is 8.87. The van der Waals surface area contributed by atoms with Gasteiger partial charge >= 0.3 is 0 Å². The summed E-state index contributed by atoms with van der Waals surface area (Å²) in [5.41, 5.74) is 2.19. The Morgan fingerprint density at radius 3 is 2.63 bits per heavy atom. The van der Waals surface area contributed by atoms with E-state index < -0.39 is 11.5 Å². The summed E-state index contributed by atoms with van der Waals surface area (Å²) in [4.78, 5) is 28.4. The van der Waals surface area contributed by atoms with Crippen molar-refractivity contribution in [1.29, 1.82) is 0 Å². The molecular formula is C20H19N3O4. The molecule has 1 aliphatic rings. The number of para-hydroxylation sites is 1. The van der Waals surface area contributed by atoms with Crippen LogP contribution in [0.3, 0.4) is 0 Å². The van der Waals surface area contributed by atoms with Crippen LogP contribution in [0.15, 0.2) is 53.3 Å². The van der Waals surface area contributed by atoms with Gasteiger partial charge in [-0.05, 0) is 30.7 Å². The normalized spacial score (nSPS) is 17.2. The van der Waals surface area contributed by atoms with Gasteiger partial charge in [0.15, 0.2) is 5.75 Å². The second-order valence-corrected chi connectivity index (χ2v) is 6.80. The molecule has 2 heterocycles. The minimum absolute atomic E-state index is 0.210. The van der Waals surface area contributed by atoms with Gasteiger partial charge in [-0.1, -0.05) is 24.3 Å². The number of aromatic amines is 1. The maximum atomic E-state index is 12.4. The Morgan fingerprint density at radius 2 is 1.89 bits per heavy atom. The third-order valence-corrected chi connectivity index (χ3v) is 5.10. The van der Waals surface area contributed by atoms with Gasteiger partial charge in [-0.2, -0.15) is 0 Å². The molecule has 0 spiro atoms. The lowest BCUT2D eigenvalue weighted by atomic mass is 10.0. The first-order valence-electron chi connectivity index (χ1n) is 8.87. The average molecular weight is 365 g/mol. The van der Waals surface area contributed by atoms with E-state index in [0.717, 1.165) is 18.7 Å². The van der Waals surface area contributed by atoms with Gasteiger partial charge in [0, 0.05) is 40.0 Å². The molecule has 0 aliphatic carbocycles. The van der Waals surface area contributed by atoms with Gasteiger partial charge in [-0.15, -0.1) is 0 Å². The van der Waals surface area contributed by atoms with Crippen LogP contribution >= 0.6 is 0 Å². The van der Waals surface area contributed by atoms with Gasteiger partial charge in [-0.25, -0.2) is 0 Å². The number of nitrogens with zero attached hydrogens (tertiary/aromatic N) is 2. The van der Waals surface area contributed by atoms with E-state index in [2.05, 4.69) is 4.98 Å². The molecule has 3 aromatic rings. The number of benzene rings is 2. The Kier molecular flexibility index (Phi) is 4.27. The van der Waals surface area contributed by atoms with Crippen LogP contribution in [0.4, 0.5) is 5.69 Å². The summed E-state index contributed by atoms with van der Waals surface area (Å²) >= 11 is 0. The summed E-state index contributed by atoms with van der Waals surface area (Å²) in [5.74, 6) is -0.312. The van der Waals surface area contributed by atoms with Crippen LogP contribution in [0.25, 0.3) is 22.2 Å². The predicted octanol–water partition coefficient (Wildman–Crippen LogP) is 3.15. The number of hydrogen-bond donors (Lipinski definition) is 2. The molecule has 7 nitrogen and oxygen atoms in total. The predicted molar refractivity (Wildman–Crippen MR) is 104 cm³/mol. The zero-order chi connectivity index (χ0) is 19.0. The standard InChI is InChI=1S/C20H19N3O4/c24-19-16-5-1-2-6-17(16)21-18(20(19)25)13-7-9-14(10-8-13)22-11-3-4-15(12-22)23(26)27/h1-2,5-10,15,25H,3-4,11-12H2,(H,21,24). The van der Waals surface area contributed by atoms with Gasteiger partial charge in [0.25, 0.3) is 0 Å². The third kappa shape index (κ3) is 3.12. The van der Waals surface area contributed by atoms with Crippen molar-refractivity contribution in [1.82, 2.24) is 4.98 Å². The first kappa shape index (κ1) is 17.1. The Balaban J connectivity index is 1.67. The van der Waals surface area contributed by atoms with Crippen molar-refractivity contribution in [2.24, 2.45) is 0 Å². The lowest BCUT2D eigenvalue weighted by molar-refractivity contribution is -0.521. The molecule has 0 saturated carbocycles. The van der Waals surface area contributed by atoms with Gasteiger partial charge in [0.1, 0.15) is 0 Å². The molecule has 138 valence electrons. The summed E-state index contributed by atoms with van der Waals surface area (Å²) < 4.78 is 0. The number of pyridine rings is 1. The van der Waals surface area contributed by atoms with Crippen LogP contribution in [0.2, 0.25) is 0 Å². The minimum atomic E-state index is -0.542. The lowest BCUT2D eigenvalue weighted by Crippen LogP contribution is -2.42. The number of aromatic hydroxyl groups is 1. The van der Waals surface area contributed by atoms with E-state index in [1.165, 1.54) is 0 Å². The van der Waals surface area contributed by atoms with Crippen LogP contribution in [0.1, 0.15) is 12.8 Å². The second-order valence-electron chi connectivity index (χ2n) is 6.80. The topological polar surface area (TPSA) is 99.5 Å². The van der Waals surface area contributed by atoms with E-state index >= 15 is 0 Å². The van der Waals surface area contributed by atoms with Gasteiger partial charge in [0.05, 0.1) is 12.2 Å². The molecule has 7 heteroatoms. The Hall–Kier alpha value is -3.35. The maximum absolute atomic E-state index is 12.4. The molecule has 0 amide bonds. The number of hydrogen-bond acceptors (Lipinski definition) is 5. The summed E-state index contributed by atoms with van der Waals surface area (Å²) in [7, 11) is 0. The van der Waals surface area contributed by atoms with Crippen LogP contribution < -0.4 is 10.3 Å². The number of nitro groups is 1. The molecule has 1 unspecified atom stereocenters. The van der Waals surface area contributed by atoms with Crippen LogP contribution in [0, 0.1) is 10.1 Å². The van der Waals surface area contributed by atoms with Gasteiger partial charge < -0.3 is 15.0 Å². The SMILES string of the molecule is O=c1c(O)c(-c2ccc(N3CCCC([N+](=O)[O-])C3)cc2)[nH]c2ccccc12. The summed E-state index contributed by atoms with van der Waals surface area (Å²) in [6.45, 7) is 1.17. The quantitative estimate of drug-likeness (QED) is 0.549. The smallest absolute Gasteiger partial charge is 0.231 e. The molecule has 1 fully saturated rings. The Labute approximate surface area is 155 Å². The molecule has 2 aromatic carbocycles. The van der Waals surface area contributed by atoms with Crippen molar-refractivity contribution in [2.75, 3.05) is 18.0 Å². The summed E-state index contributed by atoms with van der Waals surface area (Å²) in [6.07, 6.45) is 1.39. The number of H-pyrrole nitrogens is 1. The van der Waals surface area contributed by atoms with Crippen molar-refractivity contribution in [3.8, 4) is 17.0 Å². The number of fused-ring (bicyclic) bond motifs is 1. The molecule has 27 heavy (non-hydrogen) atoms. The fourth-order valence-corrected chi connectivity index (χ4v) is 3.63. The molecule has 4 rings (SSSR count). The van der Waals surface area contributed by atoms with Crippen LogP contribution in [-0.2, 0) is 0 Å². The van der Waals surface area contributed by atoms with E-state index in [4.69, 9.17) is 0 Å².